The van der Waals surface area contributed by atoms with Crippen LogP contribution in [-0.4, -0.2) is 59.0 Å². The average molecular weight is 311 g/mol. The number of hydrogen-bond donors (Lipinski definition) is 1. The first-order chi connectivity index (χ1) is 10.2. The SMILES string of the molecule is Cc1c(Cl)nnc2c1CCCN2[C@@H]1CCCN(CCO)C1. The van der Waals surface area contributed by atoms with Crippen molar-refractivity contribution in [1.29, 1.82) is 0 Å². The Bertz CT molecular complexity index is 509. The van der Waals surface area contributed by atoms with Crippen molar-refractivity contribution in [2.75, 3.05) is 37.7 Å². The number of β-amino-alcohol motifs (C(OH)–C–C–N with tert-alkyl or cyclic N) is 1. The molecule has 2 aliphatic rings. The molecule has 0 amide bonds. The van der Waals surface area contributed by atoms with Gasteiger partial charge in [-0.15, -0.1) is 10.2 Å². The van der Waals surface area contributed by atoms with Gasteiger partial charge in [-0.3, -0.25) is 4.90 Å². The van der Waals surface area contributed by atoms with Crippen molar-refractivity contribution in [3.05, 3.63) is 16.3 Å². The fourth-order valence-electron chi connectivity index (χ4n) is 3.57. The number of nitrogens with zero attached hydrogens (tertiary/aromatic N) is 4. The van der Waals surface area contributed by atoms with Crippen molar-refractivity contribution in [1.82, 2.24) is 15.1 Å². The highest BCUT2D eigenvalue weighted by molar-refractivity contribution is 6.30. The molecule has 0 radical (unpaired) electrons. The molecule has 1 aromatic heterocycles. The molecule has 3 heterocycles. The van der Waals surface area contributed by atoms with Crippen molar-refractivity contribution in [3.8, 4) is 0 Å². The number of hydrogen-bond acceptors (Lipinski definition) is 5. The molecule has 1 N–H and O–H groups in total. The summed E-state index contributed by atoms with van der Waals surface area (Å²) in [7, 11) is 0. The predicted molar refractivity (Wildman–Crippen MR) is 84.0 cm³/mol. The van der Waals surface area contributed by atoms with Crippen LogP contribution in [0.2, 0.25) is 5.15 Å². The fourth-order valence-corrected chi connectivity index (χ4v) is 3.72. The van der Waals surface area contributed by atoms with Gasteiger partial charge >= 0.3 is 0 Å². The van der Waals surface area contributed by atoms with Gasteiger partial charge in [-0.2, -0.15) is 0 Å². The summed E-state index contributed by atoms with van der Waals surface area (Å²) >= 11 is 6.12. The summed E-state index contributed by atoms with van der Waals surface area (Å²) in [6.07, 6.45) is 4.55. The van der Waals surface area contributed by atoms with E-state index in [1.165, 1.54) is 18.4 Å². The summed E-state index contributed by atoms with van der Waals surface area (Å²) in [5.41, 5.74) is 2.34. The molecule has 2 aliphatic heterocycles. The number of anilines is 1. The third-order valence-electron chi connectivity index (χ3n) is 4.70. The number of aliphatic hydroxyl groups is 1. The molecular formula is C15H23ClN4O. The second kappa shape index (κ2) is 6.46. The van der Waals surface area contributed by atoms with E-state index >= 15 is 0 Å². The Kier molecular flexibility index (Phi) is 4.62. The number of piperidine rings is 1. The Morgan fingerprint density at radius 1 is 1.29 bits per heavy atom. The lowest BCUT2D eigenvalue weighted by molar-refractivity contribution is 0.158. The van der Waals surface area contributed by atoms with Gasteiger partial charge in [0.25, 0.3) is 0 Å². The maximum absolute atomic E-state index is 9.15. The fraction of sp³-hybridized carbons (Fsp3) is 0.733. The van der Waals surface area contributed by atoms with Gasteiger partial charge in [-0.25, -0.2) is 0 Å². The minimum absolute atomic E-state index is 0.234. The molecule has 0 saturated carbocycles. The first-order valence-corrected chi connectivity index (χ1v) is 8.20. The van der Waals surface area contributed by atoms with Crippen LogP contribution in [0.25, 0.3) is 0 Å². The molecule has 6 heteroatoms. The number of halogens is 1. The van der Waals surface area contributed by atoms with Gasteiger partial charge < -0.3 is 10.0 Å². The maximum atomic E-state index is 9.15. The van der Waals surface area contributed by atoms with E-state index in [1.54, 1.807) is 0 Å². The van der Waals surface area contributed by atoms with Crippen molar-refractivity contribution < 1.29 is 5.11 Å². The Labute approximate surface area is 130 Å². The third kappa shape index (κ3) is 3.00. The van der Waals surface area contributed by atoms with Crippen LogP contribution < -0.4 is 4.90 Å². The standard InChI is InChI=1S/C15H23ClN4O/c1-11-13-5-3-7-20(15(13)18-17-14(11)16)12-4-2-6-19(10-12)8-9-21/h12,21H,2-10H2,1H3/t12-/m1/s1. The summed E-state index contributed by atoms with van der Waals surface area (Å²) in [6.45, 7) is 6.17. The summed E-state index contributed by atoms with van der Waals surface area (Å²) in [4.78, 5) is 4.76. The van der Waals surface area contributed by atoms with Gasteiger partial charge in [0.05, 0.1) is 6.61 Å². The van der Waals surface area contributed by atoms with Crippen molar-refractivity contribution in [3.63, 3.8) is 0 Å². The Morgan fingerprint density at radius 2 is 2.14 bits per heavy atom. The molecule has 5 nitrogen and oxygen atoms in total. The molecule has 3 rings (SSSR count). The van der Waals surface area contributed by atoms with E-state index in [9.17, 15) is 0 Å². The number of likely N-dealkylation sites (tertiary alicyclic amines) is 1. The number of rotatable bonds is 3. The lowest BCUT2D eigenvalue weighted by Crippen LogP contribution is -2.50. The molecule has 1 saturated heterocycles. The molecule has 0 spiro atoms. The van der Waals surface area contributed by atoms with E-state index in [0.29, 0.717) is 11.2 Å². The highest BCUT2D eigenvalue weighted by Crippen LogP contribution is 2.32. The lowest BCUT2D eigenvalue weighted by atomic mass is 9.97. The molecule has 0 aliphatic carbocycles. The van der Waals surface area contributed by atoms with E-state index in [4.69, 9.17) is 16.7 Å². The van der Waals surface area contributed by atoms with Gasteiger partial charge in [0.15, 0.2) is 11.0 Å². The lowest BCUT2D eigenvalue weighted by Gasteiger charge is -2.42. The van der Waals surface area contributed by atoms with Crippen LogP contribution in [0, 0.1) is 6.92 Å². The van der Waals surface area contributed by atoms with Gasteiger partial charge in [0, 0.05) is 31.2 Å². The summed E-state index contributed by atoms with van der Waals surface area (Å²) < 4.78 is 0. The van der Waals surface area contributed by atoms with Gasteiger partial charge in [0.1, 0.15) is 0 Å². The summed E-state index contributed by atoms with van der Waals surface area (Å²) in [5.74, 6) is 1.03. The van der Waals surface area contributed by atoms with Gasteiger partial charge in [-0.1, -0.05) is 11.6 Å². The van der Waals surface area contributed by atoms with Gasteiger partial charge in [0.2, 0.25) is 0 Å². The highest BCUT2D eigenvalue weighted by Gasteiger charge is 2.30. The number of aromatic nitrogens is 2. The van der Waals surface area contributed by atoms with Crippen LogP contribution in [-0.2, 0) is 6.42 Å². The third-order valence-corrected chi connectivity index (χ3v) is 5.06. The normalized spacial score (nSPS) is 23.2. The van der Waals surface area contributed by atoms with Gasteiger partial charge in [-0.05, 0) is 44.7 Å². The van der Waals surface area contributed by atoms with Crippen LogP contribution in [0.5, 0.6) is 0 Å². The van der Waals surface area contributed by atoms with Crippen LogP contribution in [0.3, 0.4) is 0 Å². The maximum Gasteiger partial charge on any atom is 0.155 e. The monoisotopic (exact) mass is 310 g/mol. The van der Waals surface area contributed by atoms with E-state index in [2.05, 4.69) is 20.0 Å². The minimum Gasteiger partial charge on any atom is -0.395 e. The van der Waals surface area contributed by atoms with Crippen molar-refractivity contribution in [2.45, 2.75) is 38.6 Å². The van der Waals surface area contributed by atoms with E-state index in [1.807, 2.05) is 6.92 Å². The first-order valence-electron chi connectivity index (χ1n) is 7.82. The molecule has 1 fully saturated rings. The summed E-state index contributed by atoms with van der Waals surface area (Å²) in [5, 5.41) is 18.2. The van der Waals surface area contributed by atoms with Crippen molar-refractivity contribution in [2.24, 2.45) is 0 Å². The number of aliphatic hydroxyl groups excluding tert-OH is 1. The smallest absolute Gasteiger partial charge is 0.155 e. The van der Waals surface area contributed by atoms with E-state index in [0.717, 1.165) is 50.4 Å². The Balaban J connectivity index is 1.83. The van der Waals surface area contributed by atoms with Crippen molar-refractivity contribution >= 4 is 17.4 Å². The highest BCUT2D eigenvalue weighted by atomic mass is 35.5. The largest absolute Gasteiger partial charge is 0.395 e. The van der Waals surface area contributed by atoms with Crippen LogP contribution in [0.1, 0.15) is 30.4 Å². The second-order valence-electron chi connectivity index (χ2n) is 6.04. The Morgan fingerprint density at radius 3 is 2.95 bits per heavy atom. The molecule has 0 bridgehead atoms. The molecule has 1 aromatic rings. The quantitative estimate of drug-likeness (QED) is 0.920. The van der Waals surface area contributed by atoms with Crippen LogP contribution in [0.15, 0.2) is 0 Å². The topological polar surface area (TPSA) is 52.5 Å². The Hall–Kier alpha value is -0.910. The molecule has 1 atom stereocenters. The zero-order chi connectivity index (χ0) is 14.8. The average Bonchev–Trinajstić information content (AvgIpc) is 2.51. The van der Waals surface area contributed by atoms with Crippen LogP contribution in [0.4, 0.5) is 5.82 Å². The molecule has 21 heavy (non-hydrogen) atoms. The zero-order valence-electron chi connectivity index (χ0n) is 12.6. The molecule has 116 valence electrons. The molecular weight excluding hydrogens is 288 g/mol. The minimum atomic E-state index is 0.234. The number of fused-ring (bicyclic) bond motifs is 1. The van der Waals surface area contributed by atoms with E-state index in [-0.39, 0.29) is 6.61 Å². The zero-order valence-corrected chi connectivity index (χ0v) is 13.3. The van der Waals surface area contributed by atoms with Crippen LogP contribution >= 0.6 is 11.6 Å². The summed E-state index contributed by atoms with van der Waals surface area (Å²) in [6, 6.07) is 0.472. The molecule has 0 aromatic carbocycles. The molecule has 0 unspecified atom stereocenters. The second-order valence-corrected chi connectivity index (χ2v) is 6.39. The van der Waals surface area contributed by atoms with E-state index < -0.39 is 0 Å². The first kappa shape index (κ1) is 15.0. The predicted octanol–water partition coefficient (Wildman–Crippen LogP) is 1.65.